The molecule has 0 saturated heterocycles. The van der Waals surface area contributed by atoms with Crippen molar-refractivity contribution >= 4 is 23.6 Å². The van der Waals surface area contributed by atoms with Gasteiger partial charge in [0.25, 0.3) is 0 Å². The molecule has 2 aromatic rings. The Kier molecular flexibility index (Phi) is 9.44. The van der Waals surface area contributed by atoms with Crippen LogP contribution in [0.4, 0.5) is 0 Å². The van der Waals surface area contributed by atoms with Gasteiger partial charge in [0.05, 0.1) is 5.75 Å². The lowest BCUT2D eigenvalue weighted by atomic mass is 10.1. The van der Waals surface area contributed by atoms with Gasteiger partial charge < -0.3 is 10.2 Å². The largest absolute Gasteiger partial charge is 0.354 e. The van der Waals surface area contributed by atoms with Crippen molar-refractivity contribution in [1.29, 1.82) is 0 Å². The SMILES string of the molecule is Cc1cccc(CSCC(=O)N(Cc2cccc(C)c2)[C@H](C)C(=O)NCC(C)C)c1. The molecule has 1 atom stereocenters. The number of hydrogen-bond donors (Lipinski definition) is 1. The Bertz CT molecular complexity index is 851. The number of nitrogens with zero attached hydrogens (tertiary/aromatic N) is 1. The molecule has 0 aromatic heterocycles. The Morgan fingerprint density at radius 3 is 2.17 bits per heavy atom. The van der Waals surface area contributed by atoms with E-state index in [2.05, 4.69) is 50.4 Å². The summed E-state index contributed by atoms with van der Waals surface area (Å²) in [6, 6.07) is 15.9. The highest BCUT2D eigenvalue weighted by Crippen LogP contribution is 2.17. The molecule has 0 fully saturated rings. The van der Waals surface area contributed by atoms with Crippen LogP contribution in [0.5, 0.6) is 0 Å². The fourth-order valence-corrected chi connectivity index (χ4v) is 4.04. The van der Waals surface area contributed by atoms with Gasteiger partial charge in [0.1, 0.15) is 6.04 Å². The third kappa shape index (κ3) is 7.86. The summed E-state index contributed by atoms with van der Waals surface area (Å²) >= 11 is 1.59. The van der Waals surface area contributed by atoms with E-state index < -0.39 is 6.04 Å². The molecule has 162 valence electrons. The zero-order valence-electron chi connectivity index (χ0n) is 18.8. The molecule has 5 heteroatoms. The molecule has 0 aliphatic rings. The molecule has 2 aromatic carbocycles. The van der Waals surface area contributed by atoms with Crippen molar-refractivity contribution in [3.05, 3.63) is 70.8 Å². The van der Waals surface area contributed by atoms with Crippen molar-refractivity contribution in [1.82, 2.24) is 10.2 Å². The molecule has 30 heavy (non-hydrogen) atoms. The van der Waals surface area contributed by atoms with Gasteiger partial charge in [-0.2, -0.15) is 0 Å². The summed E-state index contributed by atoms with van der Waals surface area (Å²) in [7, 11) is 0. The third-order valence-corrected chi connectivity index (χ3v) is 5.85. The quantitative estimate of drug-likeness (QED) is 0.598. The molecule has 1 N–H and O–H groups in total. The molecule has 4 nitrogen and oxygen atoms in total. The summed E-state index contributed by atoms with van der Waals surface area (Å²) in [5, 5.41) is 2.96. The number of nitrogens with one attached hydrogen (secondary N) is 1. The normalized spacial score (nSPS) is 11.9. The molecule has 0 saturated carbocycles. The second kappa shape index (κ2) is 11.8. The maximum absolute atomic E-state index is 13.1. The molecule has 0 spiro atoms. The molecule has 2 rings (SSSR count). The molecule has 0 aliphatic heterocycles. The van der Waals surface area contributed by atoms with Crippen LogP contribution in [0, 0.1) is 19.8 Å². The minimum Gasteiger partial charge on any atom is -0.354 e. The number of rotatable bonds is 10. The van der Waals surface area contributed by atoms with Gasteiger partial charge in [-0.15, -0.1) is 11.8 Å². The molecule has 0 heterocycles. The number of thioether (sulfide) groups is 1. The zero-order chi connectivity index (χ0) is 22.1. The van der Waals surface area contributed by atoms with Crippen LogP contribution >= 0.6 is 11.8 Å². The van der Waals surface area contributed by atoms with E-state index in [-0.39, 0.29) is 11.8 Å². The van der Waals surface area contributed by atoms with E-state index in [1.807, 2.05) is 38.1 Å². The monoisotopic (exact) mass is 426 g/mol. The van der Waals surface area contributed by atoms with E-state index in [0.29, 0.717) is 24.8 Å². The van der Waals surface area contributed by atoms with Crippen molar-refractivity contribution < 1.29 is 9.59 Å². The second-order valence-corrected chi connectivity index (χ2v) is 9.29. The van der Waals surface area contributed by atoms with Crippen molar-refractivity contribution in [2.75, 3.05) is 12.3 Å². The smallest absolute Gasteiger partial charge is 0.242 e. The van der Waals surface area contributed by atoms with Gasteiger partial charge in [0.2, 0.25) is 11.8 Å². The fraction of sp³-hybridized carbons (Fsp3) is 0.440. The van der Waals surface area contributed by atoms with Gasteiger partial charge in [-0.3, -0.25) is 9.59 Å². The highest BCUT2D eigenvalue weighted by molar-refractivity contribution is 7.99. The summed E-state index contributed by atoms with van der Waals surface area (Å²) < 4.78 is 0. The lowest BCUT2D eigenvalue weighted by Gasteiger charge is -2.29. The van der Waals surface area contributed by atoms with Crippen LogP contribution in [0.3, 0.4) is 0 Å². The average Bonchev–Trinajstić information content (AvgIpc) is 2.69. The van der Waals surface area contributed by atoms with Crippen molar-refractivity contribution in [3.8, 4) is 0 Å². The van der Waals surface area contributed by atoms with Gasteiger partial charge in [-0.05, 0) is 37.8 Å². The predicted molar refractivity (Wildman–Crippen MR) is 126 cm³/mol. The molecule has 2 amide bonds. The minimum absolute atomic E-state index is 0.0126. The second-order valence-electron chi connectivity index (χ2n) is 8.31. The number of amides is 2. The summed E-state index contributed by atoms with van der Waals surface area (Å²) in [5.74, 6) is 1.38. The van der Waals surface area contributed by atoms with Gasteiger partial charge in [-0.25, -0.2) is 0 Å². The number of carbonyl (C=O) groups is 2. The first-order chi connectivity index (χ1) is 14.3. The molecular formula is C25H34N2O2S. The summed E-state index contributed by atoms with van der Waals surface area (Å²) in [6.07, 6.45) is 0. The Morgan fingerprint density at radius 1 is 0.967 bits per heavy atom. The Balaban J connectivity index is 2.06. The van der Waals surface area contributed by atoms with E-state index >= 15 is 0 Å². The fourth-order valence-electron chi connectivity index (χ4n) is 3.18. The predicted octanol–water partition coefficient (Wildman–Crippen LogP) is 4.73. The van der Waals surface area contributed by atoms with Crippen LogP contribution in [0.15, 0.2) is 48.5 Å². The van der Waals surface area contributed by atoms with E-state index in [0.717, 1.165) is 16.9 Å². The Morgan fingerprint density at radius 2 is 1.57 bits per heavy atom. The standard InChI is InChI=1S/C25H34N2O2S/c1-18(2)14-26-25(29)21(5)27(15-22-10-6-8-19(3)12-22)24(28)17-30-16-23-11-7-9-20(4)13-23/h6-13,18,21H,14-17H2,1-5H3,(H,26,29)/t21-/m1/s1. The lowest BCUT2D eigenvalue weighted by molar-refractivity contribution is -0.138. The van der Waals surface area contributed by atoms with Crippen molar-refractivity contribution in [2.24, 2.45) is 5.92 Å². The van der Waals surface area contributed by atoms with E-state index in [1.54, 1.807) is 16.7 Å². The van der Waals surface area contributed by atoms with Crippen LogP contribution < -0.4 is 5.32 Å². The van der Waals surface area contributed by atoms with E-state index in [4.69, 9.17) is 0 Å². The highest BCUT2D eigenvalue weighted by atomic mass is 32.2. The van der Waals surface area contributed by atoms with Gasteiger partial charge >= 0.3 is 0 Å². The number of benzene rings is 2. The van der Waals surface area contributed by atoms with Gasteiger partial charge in [0, 0.05) is 18.8 Å². The minimum atomic E-state index is -0.517. The number of hydrogen-bond acceptors (Lipinski definition) is 3. The Hall–Kier alpha value is -2.27. The Labute approximate surface area is 185 Å². The maximum Gasteiger partial charge on any atom is 0.242 e. The van der Waals surface area contributed by atoms with E-state index in [1.165, 1.54) is 11.1 Å². The maximum atomic E-state index is 13.1. The zero-order valence-corrected chi connectivity index (χ0v) is 19.6. The van der Waals surface area contributed by atoms with Crippen LogP contribution in [-0.2, 0) is 21.9 Å². The summed E-state index contributed by atoms with van der Waals surface area (Å²) in [5.41, 5.74) is 4.61. The third-order valence-electron chi connectivity index (χ3n) is 4.86. The first kappa shape index (κ1) is 24.0. The van der Waals surface area contributed by atoms with Crippen molar-refractivity contribution in [2.45, 2.75) is 53.0 Å². The molecular weight excluding hydrogens is 392 g/mol. The van der Waals surface area contributed by atoms with Crippen LogP contribution in [0.1, 0.15) is 43.0 Å². The van der Waals surface area contributed by atoms with Crippen LogP contribution in [0.25, 0.3) is 0 Å². The first-order valence-electron chi connectivity index (χ1n) is 10.5. The van der Waals surface area contributed by atoms with Crippen molar-refractivity contribution in [3.63, 3.8) is 0 Å². The number of carbonyl (C=O) groups excluding carboxylic acids is 2. The first-order valence-corrected chi connectivity index (χ1v) is 11.7. The summed E-state index contributed by atoms with van der Waals surface area (Å²) in [4.78, 5) is 27.5. The summed E-state index contributed by atoms with van der Waals surface area (Å²) in [6.45, 7) is 11.1. The van der Waals surface area contributed by atoms with E-state index in [9.17, 15) is 9.59 Å². The molecule has 0 unspecified atom stereocenters. The van der Waals surface area contributed by atoms with Gasteiger partial charge in [0.15, 0.2) is 0 Å². The molecule has 0 aliphatic carbocycles. The molecule has 0 radical (unpaired) electrons. The molecule has 0 bridgehead atoms. The van der Waals surface area contributed by atoms with Gasteiger partial charge in [-0.1, -0.05) is 73.5 Å². The average molecular weight is 427 g/mol. The lowest BCUT2D eigenvalue weighted by Crippen LogP contribution is -2.48. The van der Waals surface area contributed by atoms with Crippen LogP contribution in [-0.4, -0.2) is 35.1 Å². The van der Waals surface area contributed by atoms with Crippen LogP contribution in [0.2, 0.25) is 0 Å². The topological polar surface area (TPSA) is 49.4 Å². The number of aryl methyl sites for hydroxylation is 2. The highest BCUT2D eigenvalue weighted by Gasteiger charge is 2.26.